The van der Waals surface area contributed by atoms with Gasteiger partial charge in [-0.15, -0.1) is 0 Å². The zero-order valence-corrected chi connectivity index (χ0v) is 16.9. The van der Waals surface area contributed by atoms with E-state index in [2.05, 4.69) is 0 Å². The van der Waals surface area contributed by atoms with Crippen molar-refractivity contribution in [1.82, 2.24) is 9.80 Å². The number of anilines is 2. The summed E-state index contributed by atoms with van der Waals surface area (Å²) in [4.78, 5) is 6.39. The van der Waals surface area contributed by atoms with E-state index in [0.717, 1.165) is 32.9 Å². The topological polar surface area (TPSA) is 39.2 Å². The zero-order chi connectivity index (χ0) is 26.4. The molecule has 2 aliphatic rings. The van der Waals surface area contributed by atoms with Gasteiger partial charge in [-0.05, 0) is 48.5 Å². The van der Waals surface area contributed by atoms with Crippen molar-refractivity contribution < 1.29 is 17.1 Å². The minimum absolute atomic E-state index is 0.224. The van der Waals surface area contributed by atoms with Gasteiger partial charge in [0, 0.05) is 79.9 Å². The van der Waals surface area contributed by atoms with E-state index in [1.807, 2.05) is 58.3 Å². The first-order valence-corrected chi connectivity index (χ1v) is 10.3. The van der Waals surface area contributed by atoms with E-state index in [1.54, 1.807) is 24.8 Å². The van der Waals surface area contributed by atoms with Gasteiger partial charge in [-0.3, -0.25) is 0 Å². The summed E-state index contributed by atoms with van der Waals surface area (Å²) >= 11 is 0. The van der Waals surface area contributed by atoms with Gasteiger partial charge in [0.15, 0.2) is 0 Å². The van der Waals surface area contributed by atoms with Gasteiger partial charge in [0.25, 0.3) is 0 Å². The fourth-order valence-electron chi connectivity index (χ4n) is 4.64. The van der Waals surface area contributed by atoms with Gasteiger partial charge in [-0.2, -0.15) is 0 Å². The number of rotatable bonds is 2. The van der Waals surface area contributed by atoms with E-state index >= 15 is 0 Å². The van der Waals surface area contributed by atoms with Crippen LogP contribution < -0.4 is 9.80 Å². The molecule has 6 nitrogen and oxygen atoms in total. The highest BCUT2D eigenvalue weighted by Crippen LogP contribution is 2.42. The molecule has 0 atom stereocenters. The van der Waals surface area contributed by atoms with Gasteiger partial charge < -0.3 is 28.4 Å². The Morgan fingerprint density at radius 1 is 0.625 bits per heavy atom. The van der Waals surface area contributed by atoms with Crippen LogP contribution in [0.4, 0.5) is 11.4 Å². The summed E-state index contributed by atoms with van der Waals surface area (Å²) in [6, 6.07) is 15.4. The van der Waals surface area contributed by atoms with Gasteiger partial charge >= 0.3 is 0 Å². The summed E-state index contributed by atoms with van der Waals surface area (Å²) in [5.74, 6) is 0. The molecule has 0 radical (unpaired) electrons. The molecule has 0 N–H and O–H groups in total. The Kier molecular flexibility index (Phi) is 2.47. The maximum atomic E-state index is 7.68. The van der Waals surface area contributed by atoms with Crippen LogP contribution in [0.2, 0.25) is 0 Å². The van der Waals surface area contributed by atoms with E-state index in [9.17, 15) is 0 Å². The second kappa shape index (κ2) is 6.23. The molecule has 2 aliphatic heterocycles. The van der Waals surface area contributed by atoms with E-state index in [-0.39, 0.29) is 13.3 Å². The average Bonchev–Trinajstić information content (AvgIpc) is 3.65. The summed E-state index contributed by atoms with van der Waals surface area (Å²) in [7, 11) is 0. The molecule has 158 valence electrons. The van der Waals surface area contributed by atoms with Crippen molar-refractivity contribution in [3.05, 3.63) is 73.3 Å². The quantitative estimate of drug-likeness (QED) is 0.351. The van der Waals surface area contributed by atoms with Crippen LogP contribution in [0.15, 0.2) is 82.2 Å². The van der Waals surface area contributed by atoms with Crippen LogP contribution in [-0.4, -0.2) is 37.1 Å². The Balaban J connectivity index is 1.36. The number of fused-ring (bicyclic) bond motifs is 7. The lowest BCUT2D eigenvalue weighted by Gasteiger charge is -2.18. The van der Waals surface area contributed by atoms with Crippen molar-refractivity contribution in [2.45, 2.75) is 0 Å². The highest BCUT2D eigenvalue weighted by atomic mass is 16.3. The maximum Gasteiger partial charge on any atom is 0.136 e. The Labute approximate surface area is 193 Å². The number of nitrogens with zero attached hydrogens (tertiary/aromatic N) is 4. The minimum Gasteiger partial charge on any atom is -0.456 e. The first kappa shape index (κ1) is 12.7. The minimum atomic E-state index is -2.21. The molecule has 4 heterocycles. The lowest BCUT2D eigenvalue weighted by molar-refractivity contribution is 0.496. The molecule has 5 aromatic rings. The van der Waals surface area contributed by atoms with E-state index in [1.165, 1.54) is 9.80 Å². The van der Waals surface area contributed by atoms with Crippen LogP contribution in [0, 0.1) is 0 Å². The van der Waals surface area contributed by atoms with E-state index in [4.69, 9.17) is 17.1 Å². The monoisotopic (exact) mass is 428 g/mol. The van der Waals surface area contributed by atoms with E-state index in [0.29, 0.717) is 22.3 Å². The smallest absolute Gasteiger partial charge is 0.136 e. The normalized spacial score (nSPS) is 19.9. The highest BCUT2D eigenvalue weighted by Gasteiger charge is 2.19. The lowest BCUT2D eigenvalue weighted by atomic mass is 10.0. The fraction of sp³-hybridized carbons (Fsp3) is 0.154. The standard InChI is InChI=1S/C26H22N4O2/c1-27-9-11-29(15-27)17-3-5-21-19(13-17)25-23(31-21)7-8-24-26(25)20-14-18(4-6-22(20)32-24)30-12-10-28(2)16-30/h3-14H,15-16H2,1-2H3/i1D3,2D3. The van der Waals surface area contributed by atoms with Gasteiger partial charge in [0.1, 0.15) is 22.3 Å². The second-order valence-corrected chi connectivity index (χ2v) is 8.14. The first-order chi connectivity index (χ1) is 18.1. The molecule has 0 saturated carbocycles. The van der Waals surface area contributed by atoms with Crippen molar-refractivity contribution in [3.8, 4) is 0 Å². The molecule has 3 aromatic carbocycles. The van der Waals surface area contributed by atoms with Crippen molar-refractivity contribution >= 4 is 55.3 Å². The second-order valence-electron chi connectivity index (χ2n) is 8.14. The number of hydrogen-bond acceptors (Lipinski definition) is 6. The summed E-state index contributed by atoms with van der Waals surface area (Å²) in [5, 5.41) is 3.61. The fourth-order valence-corrected chi connectivity index (χ4v) is 4.64. The summed E-state index contributed by atoms with van der Waals surface area (Å²) in [5.41, 5.74) is 4.56. The molecule has 7 rings (SSSR count). The Morgan fingerprint density at radius 3 is 1.53 bits per heavy atom. The van der Waals surface area contributed by atoms with Crippen LogP contribution in [0.5, 0.6) is 0 Å². The van der Waals surface area contributed by atoms with Crippen molar-refractivity contribution in [3.63, 3.8) is 0 Å². The molecular formula is C26H22N4O2. The summed E-state index contributed by atoms with van der Waals surface area (Å²) < 4.78 is 58.5. The van der Waals surface area contributed by atoms with Crippen molar-refractivity contribution in [1.29, 1.82) is 0 Å². The zero-order valence-electron chi connectivity index (χ0n) is 22.9. The Morgan fingerprint density at radius 2 is 1.09 bits per heavy atom. The van der Waals surface area contributed by atoms with Gasteiger partial charge in [-0.1, -0.05) is 0 Å². The molecule has 6 heteroatoms. The largest absolute Gasteiger partial charge is 0.456 e. The predicted molar refractivity (Wildman–Crippen MR) is 129 cm³/mol. The molecule has 0 spiro atoms. The Bertz CT molecular complexity index is 1670. The molecule has 32 heavy (non-hydrogen) atoms. The maximum absolute atomic E-state index is 7.68. The number of furan rings is 2. The summed E-state index contributed by atoms with van der Waals surface area (Å²) in [6.07, 6.45) is 6.68. The molecule has 0 unspecified atom stereocenters. The molecular weight excluding hydrogens is 400 g/mol. The van der Waals surface area contributed by atoms with Crippen LogP contribution >= 0.6 is 0 Å². The highest BCUT2D eigenvalue weighted by molar-refractivity contribution is 6.26. The van der Waals surface area contributed by atoms with Crippen molar-refractivity contribution in [2.24, 2.45) is 0 Å². The Hall–Kier alpha value is -4.06. The van der Waals surface area contributed by atoms with Crippen LogP contribution in [-0.2, 0) is 0 Å². The van der Waals surface area contributed by atoms with E-state index < -0.39 is 14.0 Å². The predicted octanol–water partition coefficient (Wildman–Crippen LogP) is 5.85. The van der Waals surface area contributed by atoms with Gasteiger partial charge in [-0.25, -0.2) is 0 Å². The molecule has 0 aliphatic carbocycles. The molecule has 0 amide bonds. The van der Waals surface area contributed by atoms with Crippen LogP contribution in [0.3, 0.4) is 0 Å². The van der Waals surface area contributed by atoms with Crippen LogP contribution in [0.1, 0.15) is 8.22 Å². The third kappa shape index (κ3) is 2.46. The SMILES string of the molecule is [2H]C([2H])([2H])N1C=CN(c2ccc3oc4ccc5oc6ccc(N7C=CN(C([2H])([2H])[2H])C7)cc6c5c4c3c2)C1. The molecule has 0 saturated heterocycles. The molecule has 0 bridgehead atoms. The lowest BCUT2D eigenvalue weighted by Crippen LogP contribution is -2.21. The number of hydrogen-bond donors (Lipinski definition) is 0. The third-order valence-corrected chi connectivity index (χ3v) is 6.16. The van der Waals surface area contributed by atoms with Crippen molar-refractivity contribution in [2.75, 3.05) is 37.1 Å². The van der Waals surface area contributed by atoms with Gasteiger partial charge in [0.2, 0.25) is 0 Å². The number of benzene rings is 3. The third-order valence-electron chi connectivity index (χ3n) is 6.16. The van der Waals surface area contributed by atoms with Crippen LogP contribution in [0.25, 0.3) is 43.9 Å². The molecule has 0 fully saturated rings. The average molecular weight is 429 g/mol. The first-order valence-electron chi connectivity index (χ1n) is 13.3. The molecule has 2 aromatic heterocycles. The van der Waals surface area contributed by atoms with Gasteiger partial charge in [0.05, 0.1) is 13.3 Å². The summed E-state index contributed by atoms with van der Waals surface area (Å²) in [6.45, 7) is -3.96.